The van der Waals surface area contributed by atoms with Crippen LogP contribution in [0.2, 0.25) is 0 Å². The second kappa shape index (κ2) is 9.16. The molecule has 1 heterocycles. The molecule has 0 spiro atoms. The van der Waals surface area contributed by atoms with Gasteiger partial charge in [0, 0.05) is 30.8 Å². The Hall–Kier alpha value is -2.43. The minimum atomic E-state index is 0.350. The summed E-state index contributed by atoms with van der Waals surface area (Å²) in [5, 5.41) is 4.79. The Balaban J connectivity index is 1.69. The van der Waals surface area contributed by atoms with Crippen molar-refractivity contribution in [2.24, 2.45) is 4.99 Å². The molecule has 4 nitrogen and oxygen atoms in total. The van der Waals surface area contributed by atoms with Gasteiger partial charge in [0.15, 0.2) is 0 Å². The Morgan fingerprint density at radius 3 is 2.08 bits per heavy atom. The Bertz CT molecular complexity index is 724. The fourth-order valence-electron chi connectivity index (χ4n) is 2.63. The van der Waals surface area contributed by atoms with E-state index in [2.05, 4.69) is 24.3 Å². The lowest BCUT2D eigenvalue weighted by Gasteiger charge is -2.06. The monoisotopic (exact) mass is 335 g/mol. The van der Waals surface area contributed by atoms with Crippen LogP contribution in [0.4, 0.5) is 0 Å². The average molecular weight is 335 g/mol. The lowest BCUT2D eigenvalue weighted by molar-refractivity contribution is -0.0494. The molecular weight excluding hydrogens is 312 g/mol. The van der Waals surface area contributed by atoms with E-state index in [-0.39, 0.29) is 0 Å². The van der Waals surface area contributed by atoms with Crippen molar-refractivity contribution in [3.05, 3.63) is 71.8 Å². The standard InChI is InChI=1S/C21H23N2O2/c1-2-24-16-25-15-9-14-19-22-20(17-10-5-3-6-11-17)21(23-19)18-12-7-4-8-13-18/h3-8,10-13H,2,9,14-16H2,1H3. The molecule has 0 atom stereocenters. The highest BCUT2D eigenvalue weighted by Crippen LogP contribution is 2.31. The maximum absolute atomic E-state index is 5.42. The molecule has 129 valence electrons. The molecule has 0 saturated carbocycles. The van der Waals surface area contributed by atoms with Crippen LogP contribution in [-0.2, 0) is 9.47 Å². The van der Waals surface area contributed by atoms with Crippen LogP contribution in [0.15, 0.2) is 65.7 Å². The largest absolute Gasteiger partial charge is 0.356 e. The Morgan fingerprint density at radius 2 is 1.44 bits per heavy atom. The molecule has 0 bridgehead atoms. The smallest absolute Gasteiger partial charge is 0.146 e. The number of amidine groups is 1. The number of hydrogen-bond donors (Lipinski definition) is 0. The molecule has 1 aliphatic rings. The number of aliphatic imine (C=N–C) groups is 1. The van der Waals surface area contributed by atoms with Gasteiger partial charge in [-0.25, -0.2) is 10.3 Å². The molecule has 0 N–H and O–H groups in total. The summed E-state index contributed by atoms with van der Waals surface area (Å²) in [6.07, 6.45) is 1.67. The van der Waals surface area contributed by atoms with Gasteiger partial charge < -0.3 is 9.47 Å². The minimum absolute atomic E-state index is 0.350. The Morgan fingerprint density at radius 1 is 0.800 bits per heavy atom. The molecular formula is C21H23N2O2. The second-order valence-corrected chi connectivity index (χ2v) is 5.69. The van der Waals surface area contributed by atoms with Gasteiger partial charge in [-0.15, -0.1) is 0 Å². The summed E-state index contributed by atoms with van der Waals surface area (Å²) < 4.78 is 10.6. The van der Waals surface area contributed by atoms with Crippen molar-refractivity contribution in [1.82, 2.24) is 5.32 Å². The van der Waals surface area contributed by atoms with Crippen LogP contribution >= 0.6 is 0 Å². The summed E-state index contributed by atoms with van der Waals surface area (Å²) >= 11 is 0. The lowest BCUT2D eigenvalue weighted by Crippen LogP contribution is -2.11. The number of ether oxygens (including phenoxy) is 2. The summed E-state index contributed by atoms with van der Waals surface area (Å²) in [5.74, 6) is 0.859. The van der Waals surface area contributed by atoms with E-state index in [0.29, 0.717) is 20.0 Å². The van der Waals surface area contributed by atoms with Gasteiger partial charge in [-0.2, -0.15) is 0 Å². The van der Waals surface area contributed by atoms with Crippen LogP contribution in [-0.4, -0.2) is 25.8 Å². The Kier molecular flexibility index (Phi) is 6.37. The molecule has 0 amide bonds. The summed E-state index contributed by atoms with van der Waals surface area (Å²) in [4.78, 5) is 4.79. The van der Waals surface area contributed by atoms with Crippen LogP contribution < -0.4 is 5.32 Å². The predicted octanol–water partition coefficient (Wildman–Crippen LogP) is 4.32. The molecule has 1 radical (unpaired) electrons. The van der Waals surface area contributed by atoms with Crippen molar-refractivity contribution in [3.8, 4) is 0 Å². The summed E-state index contributed by atoms with van der Waals surface area (Å²) in [6.45, 7) is 3.63. The summed E-state index contributed by atoms with van der Waals surface area (Å²) in [7, 11) is 0. The first-order chi connectivity index (χ1) is 12.4. The lowest BCUT2D eigenvalue weighted by atomic mass is 10.1. The summed E-state index contributed by atoms with van der Waals surface area (Å²) in [6, 6.07) is 20.4. The molecule has 3 rings (SSSR count). The minimum Gasteiger partial charge on any atom is -0.356 e. The molecule has 1 aliphatic heterocycles. The zero-order chi connectivity index (χ0) is 17.3. The van der Waals surface area contributed by atoms with E-state index in [1.165, 1.54) is 0 Å². The van der Waals surface area contributed by atoms with Gasteiger partial charge in [-0.1, -0.05) is 60.7 Å². The Labute approximate surface area is 149 Å². The van der Waals surface area contributed by atoms with Crippen LogP contribution in [0, 0.1) is 0 Å². The fraction of sp³-hybridized carbons (Fsp3) is 0.286. The molecule has 0 aliphatic carbocycles. The van der Waals surface area contributed by atoms with Gasteiger partial charge in [-0.05, 0) is 13.3 Å². The number of benzene rings is 2. The zero-order valence-corrected chi connectivity index (χ0v) is 14.5. The number of hydrogen-bond acceptors (Lipinski definition) is 3. The first-order valence-corrected chi connectivity index (χ1v) is 8.68. The van der Waals surface area contributed by atoms with Gasteiger partial charge in [0.25, 0.3) is 0 Å². The average Bonchev–Trinajstić information content (AvgIpc) is 3.10. The van der Waals surface area contributed by atoms with Crippen LogP contribution in [0.25, 0.3) is 11.4 Å². The van der Waals surface area contributed by atoms with Crippen LogP contribution in [0.1, 0.15) is 30.9 Å². The quantitative estimate of drug-likeness (QED) is 0.506. The third-order valence-electron chi connectivity index (χ3n) is 3.86. The first-order valence-electron chi connectivity index (χ1n) is 8.68. The topological polar surface area (TPSA) is 44.9 Å². The SMILES string of the molecule is CCOCOCCCC1=NC(c2ccccc2)=C(c2ccccc2)[N]1. The predicted molar refractivity (Wildman–Crippen MR) is 101 cm³/mol. The molecule has 0 aromatic heterocycles. The van der Waals surface area contributed by atoms with E-state index in [9.17, 15) is 0 Å². The molecule has 0 unspecified atom stereocenters. The van der Waals surface area contributed by atoms with Crippen molar-refractivity contribution < 1.29 is 9.47 Å². The van der Waals surface area contributed by atoms with E-state index >= 15 is 0 Å². The van der Waals surface area contributed by atoms with Crippen molar-refractivity contribution in [2.75, 3.05) is 20.0 Å². The third kappa shape index (κ3) is 4.78. The van der Waals surface area contributed by atoms with Gasteiger partial charge in [0.1, 0.15) is 12.6 Å². The second-order valence-electron chi connectivity index (χ2n) is 5.69. The summed E-state index contributed by atoms with van der Waals surface area (Å²) in [5.41, 5.74) is 4.06. The van der Waals surface area contributed by atoms with Gasteiger partial charge in [-0.3, -0.25) is 0 Å². The highest BCUT2D eigenvalue weighted by Gasteiger charge is 2.21. The normalized spacial score (nSPS) is 13.7. The molecule has 4 heteroatoms. The highest BCUT2D eigenvalue weighted by molar-refractivity contribution is 6.07. The zero-order valence-electron chi connectivity index (χ0n) is 14.5. The maximum atomic E-state index is 5.42. The van der Waals surface area contributed by atoms with E-state index < -0.39 is 0 Å². The van der Waals surface area contributed by atoms with Crippen molar-refractivity contribution >= 4 is 17.2 Å². The third-order valence-corrected chi connectivity index (χ3v) is 3.86. The van der Waals surface area contributed by atoms with Gasteiger partial charge in [0.2, 0.25) is 0 Å². The molecule has 0 fully saturated rings. The van der Waals surface area contributed by atoms with E-state index in [0.717, 1.165) is 41.2 Å². The van der Waals surface area contributed by atoms with Crippen molar-refractivity contribution in [1.29, 1.82) is 0 Å². The molecule has 2 aromatic rings. The fourth-order valence-corrected chi connectivity index (χ4v) is 2.63. The van der Waals surface area contributed by atoms with Crippen molar-refractivity contribution in [3.63, 3.8) is 0 Å². The highest BCUT2D eigenvalue weighted by atomic mass is 16.7. The molecule has 0 saturated heterocycles. The van der Waals surface area contributed by atoms with Crippen LogP contribution in [0.3, 0.4) is 0 Å². The van der Waals surface area contributed by atoms with E-state index in [1.807, 2.05) is 43.3 Å². The van der Waals surface area contributed by atoms with Gasteiger partial charge >= 0.3 is 0 Å². The van der Waals surface area contributed by atoms with Crippen molar-refractivity contribution in [2.45, 2.75) is 19.8 Å². The van der Waals surface area contributed by atoms with Crippen LogP contribution in [0.5, 0.6) is 0 Å². The van der Waals surface area contributed by atoms with Gasteiger partial charge in [0.05, 0.1) is 11.4 Å². The van der Waals surface area contributed by atoms with E-state index in [4.69, 9.17) is 19.8 Å². The maximum Gasteiger partial charge on any atom is 0.146 e. The molecule has 2 aromatic carbocycles. The molecule has 25 heavy (non-hydrogen) atoms. The number of rotatable bonds is 9. The van der Waals surface area contributed by atoms with E-state index in [1.54, 1.807) is 0 Å². The number of nitrogens with zero attached hydrogens (tertiary/aromatic N) is 2. The first kappa shape index (κ1) is 17.4.